The number of fused-ring (bicyclic) bond motifs is 1. The van der Waals surface area contributed by atoms with Crippen LogP contribution in [0.4, 0.5) is 11.6 Å². The second-order valence-corrected chi connectivity index (χ2v) is 11.2. The number of thioether (sulfide) groups is 2. The van der Waals surface area contributed by atoms with Crippen LogP contribution in [0, 0.1) is 4.64 Å². The molecule has 0 bridgehead atoms. The third kappa shape index (κ3) is 5.26. The smallest absolute Gasteiger partial charge is 0.224 e. The summed E-state index contributed by atoms with van der Waals surface area (Å²) in [5.74, 6) is 0.628. The quantitative estimate of drug-likeness (QED) is 0.175. The Morgan fingerprint density at radius 2 is 1.75 bits per heavy atom. The monoisotopic (exact) mass is 533 g/mol. The third-order valence-corrected chi connectivity index (χ3v) is 8.48. The fourth-order valence-electron chi connectivity index (χ4n) is 4.28. The molecule has 0 saturated heterocycles. The Hall–Kier alpha value is -2.55. The molecule has 4 aromatic rings. The van der Waals surface area contributed by atoms with Gasteiger partial charge in [0.1, 0.15) is 10.3 Å². The number of anilines is 2. The summed E-state index contributed by atoms with van der Waals surface area (Å²) in [6.45, 7) is 3.81. The maximum atomic E-state index is 6.07. The summed E-state index contributed by atoms with van der Waals surface area (Å²) >= 11 is 9.59. The molecule has 0 amide bonds. The molecule has 1 fully saturated rings. The molecule has 2 heterocycles. The predicted octanol–water partition coefficient (Wildman–Crippen LogP) is 7.67. The highest BCUT2D eigenvalue weighted by atomic mass is 32.2. The van der Waals surface area contributed by atoms with E-state index in [-0.39, 0.29) is 0 Å². The molecule has 1 saturated carbocycles. The van der Waals surface area contributed by atoms with Crippen molar-refractivity contribution in [2.24, 2.45) is 0 Å². The van der Waals surface area contributed by atoms with Gasteiger partial charge in [-0.05, 0) is 79.8 Å². The van der Waals surface area contributed by atoms with Gasteiger partial charge in [-0.15, -0.1) is 23.5 Å². The Labute approximate surface area is 226 Å². The lowest BCUT2D eigenvalue weighted by atomic mass is 10.1. The van der Waals surface area contributed by atoms with E-state index in [0.29, 0.717) is 18.5 Å². The van der Waals surface area contributed by atoms with Gasteiger partial charge in [0, 0.05) is 58.8 Å². The number of rotatable bonds is 9. The zero-order valence-electron chi connectivity index (χ0n) is 21.1. The van der Waals surface area contributed by atoms with E-state index in [9.17, 15) is 0 Å². The maximum Gasteiger partial charge on any atom is 0.224 e. The Balaban J connectivity index is 1.48. The van der Waals surface area contributed by atoms with Crippen molar-refractivity contribution in [3.05, 3.63) is 64.9 Å². The first-order chi connectivity index (χ1) is 17.5. The van der Waals surface area contributed by atoms with Gasteiger partial charge in [-0.25, -0.2) is 4.98 Å². The Kier molecular flexibility index (Phi) is 7.55. The van der Waals surface area contributed by atoms with Crippen LogP contribution in [-0.2, 0) is 6.54 Å². The van der Waals surface area contributed by atoms with Crippen molar-refractivity contribution in [3.63, 3.8) is 0 Å². The molecule has 5 rings (SSSR count). The molecular weight excluding hydrogens is 503 g/mol. The van der Waals surface area contributed by atoms with Crippen LogP contribution in [0.1, 0.15) is 31.4 Å². The first-order valence-corrected chi connectivity index (χ1v) is 15.1. The standard InChI is InChI=1S/C28H31N5S3/c1-5-32(2)21-8-6-18(7-9-21)16-29-28-30-17-20-14-25(19-12-23(35-3)15-24(13-19)36-4)27(34)33(22-10-11-22)26(20)31-28/h6-9,12-15,17,22H,5,10-11,16H2,1-4H3,(H,29,30,31). The van der Waals surface area contributed by atoms with E-state index in [2.05, 4.69) is 94.8 Å². The van der Waals surface area contributed by atoms with Crippen LogP contribution in [0.15, 0.2) is 64.5 Å². The number of aromatic nitrogens is 3. The molecule has 1 N–H and O–H groups in total. The van der Waals surface area contributed by atoms with E-state index in [1.165, 1.54) is 21.0 Å². The maximum absolute atomic E-state index is 6.07. The van der Waals surface area contributed by atoms with Crippen LogP contribution in [0.25, 0.3) is 22.2 Å². The highest BCUT2D eigenvalue weighted by Crippen LogP contribution is 2.40. The number of hydrogen-bond acceptors (Lipinski definition) is 7. The molecule has 5 nitrogen and oxygen atoms in total. The summed E-state index contributed by atoms with van der Waals surface area (Å²) < 4.78 is 3.11. The number of benzene rings is 2. The van der Waals surface area contributed by atoms with E-state index in [1.54, 1.807) is 23.5 Å². The molecule has 1 aliphatic rings. The van der Waals surface area contributed by atoms with Gasteiger partial charge in [-0.2, -0.15) is 4.98 Å². The van der Waals surface area contributed by atoms with Gasteiger partial charge in [0.15, 0.2) is 0 Å². The minimum absolute atomic E-state index is 0.412. The second-order valence-electron chi connectivity index (χ2n) is 9.07. The summed E-state index contributed by atoms with van der Waals surface area (Å²) in [7, 11) is 2.10. The normalized spacial score (nSPS) is 13.2. The minimum atomic E-state index is 0.412. The highest BCUT2D eigenvalue weighted by molar-refractivity contribution is 7.99. The summed E-state index contributed by atoms with van der Waals surface area (Å²) in [4.78, 5) is 14.3. The van der Waals surface area contributed by atoms with E-state index in [0.717, 1.165) is 46.2 Å². The van der Waals surface area contributed by atoms with E-state index in [4.69, 9.17) is 17.2 Å². The van der Waals surface area contributed by atoms with Crippen molar-refractivity contribution < 1.29 is 0 Å². The van der Waals surface area contributed by atoms with Crippen LogP contribution in [0.2, 0.25) is 0 Å². The minimum Gasteiger partial charge on any atom is -0.375 e. The lowest BCUT2D eigenvalue weighted by Crippen LogP contribution is -2.15. The van der Waals surface area contributed by atoms with Crippen molar-refractivity contribution in [3.8, 4) is 11.1 Å². The van der Waals surface area contributed by atoms with Gasteiger partial charge in [0.2, 0.25) is 5.95 Å². The summed E-state index contributed by atoms with van der Waals surface area (Å²) in [5, 5.41) is 4.43. The van der Waals surface area contributed by atoms with E-state index >= 15 is 0 Å². The number of nitrogens with zero attached hydrogens (tertiary/aromatic N) is 4. The van der Waals surface area contributed by atoms with Gasteiger partial charge in [-0.3, -0.25) is 0 Å². The molecule has 1 aliphatic carbocycles. The van der Waals surface area contributed by atoms with Crippen molar-refractivity contribution in [1.29, 1.82) is 0 Å². The van der Waals surface area contributed by atoms with E-state index < -0.39 is 0 Å². The number of pyridine rings is 1. The lowest BCUT2D eigenvalue weighted by molar-refractivity contribution is 0.747. The fourth-order valence-corrected chi connectivity index (χ4v) is 5.74. The molecule has 0 radical (unpaired) electrons. The molecular formula is C28H31N5S3. The van der Waals surface area contributed by atoms with Crippen molar-refractivity contribution >= 4 is 58.4 Å². The van der Waals surface area contributed by atoms with Crippen LogP contribution >= 0.6 is 35.7 Å². The second kappa shape index (κ2) is 10.8. The predicted molar refractivity (Wildman–Crippen MR) is 158 cm³/mol. The molecule has 36 heavy (non-hydrogen) atoms. The Morgan fingerprint density at radius 3 is 2.36 bits per heavy atom. The van der Waals surface area contributed by atoms with Crippen molar-refractivity contribution in [2.75, 3.05) is 36.3 Å². The average Bonchev–Trinajstić information content (AvgIpc) is 3.76. The number of nitrogens with one attached hydrogen (secondary N) is 1. The first-order valence-electron chi connectivity index (χ1n) is 12.2. The van der Waals surface area contributed by atoms with Crippen LogP contribution < -0.4 is 10.2 Å². The highest BCUT2D eigenvalue weighted by Gasteiger charge is 2.27. The molecule has 0 aliphatic heterocycles. The topological polar surface area (TPSA) is 46.0 Å². The van der Waals surface area contributed by atoms with Crippen LogP contribution in [0.3, 0.4) is 0 Å². The summed E-state index contributed by atoms with van der Waals surface area (Å²) in [6, 6.07) is 17.9. The third-order valence-electron chi connectivity index (χ3n) is 6.65. The molecule has 0 unspecified atom stereocenters. The van der Waals surface area contributed by atoms with Crippen LogP contribution in [0.5, 0.6) is 0 Å². The Bertz CT molecular complexity index is 1420. The summed E-state index contributed by atoms with van der Waals surface area (Å²) in [6.07, 6.45) is 8.43. The zero-order valence-corrected chi connectivity index (χ0v) is 23.6. The average molecular weight is 534 g/mol. The molecule has 0 spiro atoms. The van der Waals surface area contributed by atoms with Gasteiger partial charge in [0.25, 0.3) is 0 Å². The van der Waals surface area contributed by atoms with Crippen molar-refractivity contribution in [2.45, 2.75) is 42.1 Å². The molecule has 2 aromatic heterocycles. The largest absolute Gasteiger partial charge is 0.375 e. The van der Waals surface area contributed by atoms with Gasteiger partial charge in [0.05, 0.1) is 0 Å². The first kappa shape index (κ1) is 25.1. The van der Waals surface area contributed by atoms with Crippen molar-refractivity contribution in [1.82, 2.24) is 14.5 Å². The fraction of sp³-hybridized carbons (Fsp3) is 0.321. The van der Waals surface area contributed by atoms with Crippen LogP contribution in [-0.4, -0.2) is 40.6 Å². The molecule has 8 heteroatoms. The lowest BCUT2D eigenvalue weighted by Gasteiger charge is -2.17. The van der Waals surface area contributed by atoms with Gasteiger partial charge < -0.3 is 14.8 Å². The molecule has 0 atom stereocenters. The van der Waals surface area contributed by atoms with Gasteiger partial charge >= 0.3 is 0 Å². The van der Waals surface area contributed by atoms with Gasteiger partial charge in [-0.1, -0.05) is 24.4 Å². The SMILES string of the molecule is CCN(C)c1ccc(CNc2ncc3cc(-c4cc(SC)cc(SC)c4)c(=S)n(C4CC4)c3n2)cc1. The Morgan fingerprint density at radius 1 is 1.06 bits per heavy atom. The number of hydrogen-bond donors (Lipinski definition) is 1. The van der Waals surface area contributed by atoms with E-state index in [1.807, 2.05) is 6.20 Å². The summed E-state index contributed by atoms with van der Waals surface area (Å²) in [5.41, 5.74) is 5.56. The molecule has 186 valence electrons. The molecule has 2 aromatic carbocycles. The zero-order chi connectivity index (χ0) is 25.2.